The Morgan fingerprint density at radius 1 is 0.636 bits per heavy atom. The van der Waals surface area contributed by atoms with Crippen molar-refractivity contribution >= 4 is 17.9 Å². The fraction of sp³-hybridized carbons (Fsp3) is 0.0541. The second-order valence-electron chi connectivity index (χ2n) is 9.35. The standard InChI is InChI=1S/C37H28O7/c1-6-34(38)42-30-18-10-25(11-19-30)8-9-26-22-32(41-5)36(33(23-26)44-37(40)24(3)4)29-14-12-27(13-15-29)28-16-20-31(21-17-28)43-35(39)7-2/h6-7,10-23H,1-3H2,4-5H3. The summed E-state index contributed by atoms with van der Waals surface area (Å²) in [6.07, 6.45) is 2.19. The van der Waals surface area contributed by atoms with Crippen molar-refractivity contribution in [1.82, 2.24) is 0 Å². The van der Waals surface area contributed by atoms with Gasteiger partial charge in [-0.15, -0.1) is 0 Å². The predicted molar refractivity (Wildman–Crippen MR) is 168 cm³/mol. The van der Waals surface area contributed by atoms with Gasteiger partial charge in [0, 0.05) is 28.9 Å². The number of methoxy groups -OCH3 is 1. The van der Waals surface area contributed by atoms with Crippen molar-refractivity contribution in [1.29, 1.82) is 0 Å². The summed E-state index contributed by atoms with van der Waals surface area (Å²) in [6, 6.07) is 24.9. The maximum Gasteiger partial charge on any atom is 0.338 e. The molecule has 0 aliphatic heterocycles. The van der Waals surface area contributed by atoms with Crippen LogP contribution < -0.4 is 18.9 Å². The molecular formula is C37H28O7. The van der Waals surface area contributed by atoms with Gasteiger partial charge in [0.1, 0.15) is 23.0 Å². The summed E-state index contributed by atoms with van der Waals surface area (Å²) in [7, 11) is 1.53. The Kier molecular flexibility index (Phi) is 9.92. The Morgan fingerprint density at radius 3 is 1.59 bits per heavy atom. The molecule has 218 valence electrons. The molecule has 4 rings (SSSR count). The minimum absolute atomic E-state index is 0.237. The topological polar surface area (TPSA) is 88.1 Å². The van der Waals surface area contributed by atoms with Gasteiger partial charge in [0.25, 0.3) is 0 Å². The van der Waals surface area contributed by atoms with Gasteiger partial charge in [0.05, 0.1) is 12.7 Å². The Morgan fingerprint density at radius 2 is 1.09 bits per heavy atom. The zero-order valence-corrected chi connectivity index (χ0v) is 24.2. The van der Waals surface area contributed by atoms with Gasteiger partial charge in [-0.2, -0.15) is 0 Å². The monoisotopic (exact) mass is 584 g/mol. The van der Waals surface area contributed by atoms with E-state index in [1.807, 2.05) is 36.4 Å². The Labute approximate surface area is 255 Å². The molecule has 44 heavy (non-hydrogen) atoms. The van der Waals surface area contributed by atoms with E-state index in [0.29, 0.717) is 33.9 Å². The molecule has 0 atom stereocenters. The molecular weight excluding hydrogens is 556 g/mol. The Hall–Kier alpha value is -6.13. The number of rotatable bonds is 9. The lowest BCUT2D eigenvalue weighted by Crippen LogP contribution is -2.09. The first-order valence-corrected chi connectivity index (χ1v) is 13.3. The van der Waals surface area contributed by atoms with Crippen LogP contribution in [0.1, 0.15) is 18.1 Å². The number of benzene rings is 4. The van der Waals surface area contributed by atoms with E-state index in [-0.39, 0.29) is 11.3 Å². The van der Waals surface area contributed by atoms with Crippen molar-refractivity contribution in [2.24, 2.45) is 0 Å². The fourth-order valence-electron chi connectivity index (χ4n) is 3.99. The Balaban J connectivity index is 1.67. The number of hydrogen-bond donors (Lipinski definition) is 0. The molecule has 7 nitrogen and oxygen atoms in total. The van der Waals surface area contributed by atoms with Crippen LogP contribution >= 0.6 is 0 Å². The van der Waals surface area contributed by atoms with Crippen LogP contribution in [0.3, 0.4) is 0 Å². The van der Waals surface area contributed by atoms with E-state index in [9.17, 15) is 14.4 Å². The zero-order chi connectivity index (χ0) is 31.6. The van der Waals surface area contributed by atoms with Gasteiger partial charge in [-0.25, -0.2) is 14.4 Å². The van der Waals surface area contributed by atoms with Crippen LogP contribution in [0.25, 0.3) is 22.3 Å². The second kappa shape index (κ2) is 14.2. The molecule has 0 radical (unpaired) electrons. The maximum atomic E-state index is 12.6. The van der Waals surface area contributed by atoms with E-state index in [2.05, 4.69) is 31.6 Å². The van der Waals surface area contributed by atoms with Crippen LogP contribution in [0, 0.1) is 11.8 Å². The van der Waals surface area contributed by atoms with E-state index < -0.39 is 17.9 Å². The van der Waals surface area contributed by atoms with Gasteiger partial charge in [-0.05, 0) is 72.1 Å². The number of carbonyl (C=O) groups is 3. The molecule has 0 N–H and O–H groups in total. The molecule has 0 aromatic heterocycles. The summed E-state index contributed by atoms with van der Waals surface area (Å²) < 4.78 is 21.7. The molecule has 0 aliphatic rings. The highest BCUT2D eigenvalue weighted by Crippen LogP contribution is 2.40. The highest BCUT2D eigenvalue weighted by Gasteiger charge is 2.18. The van der Waals surface area contributed by atoms with Crippen LogP contribution in [-0.4, -0.2) is 25.0 Å². The number of esters is 3. The molecule has 0 amide bonds. The number of carbonyl (C=O) groups excluding carboxylic acids is 3. The summed E-state index contributed by atoms with van der Waals surface area (Å²) in [6.45, 7) is 12.0. The normalized spacial score (nSPS) is 9.95. The molecule has 4 aromatic carbocycles. The molecule has 4 aromatic rings. The van der Waals surface area contributed by atoms with Crippen LogP contribution in [-0.2, 0) is 14.4 Å². The lowest BCUT2D eigenvalue weighted by molar-refractivity contribution is -0.130. The molecule has 0 saturated heterocycles. The summed E-state index contributed by atoms with van der Waals surface area (Å²) >= 11 is 0. The highest BCUT2D eigenvalue weighted by molar-refractivity contribution is 5.91. The van der Waals surface area contributed by atoms with Crippen LogP contribution in [0.4, 0.5) is 0 Å². The lowest BCUT2D eigenvalue weighted by Gasteiger charge is -2.16. The van der Waals surface area contributed by atoms with Crippen molar-refractivity contribution in [2.75, 3.05) is 7.11 Å². The largest absolute Gasteiger partial charge is 0.496 e. The summed E-state index contributed by atoms with van der Waals surface area (Å²) in [5.74, 6) is 5.96. The fourth-order valence-corrected chi connectivity index (χ4v) is 3.99. The molecule has 0 aliphatic carbocycles. The second-order valence-corrected chi connectivity index (χ2v) is 9.35. The van der Waals surface area contributed by atoms with Crippen molar-refractivity contribution < 1.29 is 33.3 Å². The molecule has 0 fully saturated rings. The van der Waals surface area contributed by atoms with Crippen molar-refractivity contribution in [3.63, 3.8) is 0 Å². The highest BCUT2D eigenvalue weighted by atomic mass is 16.5. The van der Waals surface area contributed by atoms with Gasteiger partial charge >= 0.3 is 17.9 Å². The van der Waals surface area contributed by atoms with E-state index in [4.69, 9.17) is 18.9 Å². The third-order valence-electron chi connectivity index (χ3n) is 6.17. The number of ether oxygens (including phenoxy) is 4. The predicted octanol–water partition coefficient (Wildman–Crippen LogP) is 7.09. The Bertz CT molecular complexity index is 1800. The minimum Gasteiger partial charge on any atom is -0.496 e. The first kappa shape index (κ1) is 30.8. The van der Waals surface area contributed by atoms with Crippen LogP contribution in [0.5, 0.6) is 23.0 Å². The SMILES string of the molecule is C=CC(=O)Oc1ccc(C#Cc2cc(OC)c(-c3ccc(-c4ccc(OC(=O)C=C)cc4)cc3)c(OC(=O)C(=C)C)c2)cc1. The van der Waals surface area contributed by atoms with Crippen molar-refractivity contribution in [3.05, 3.63) is 134 Å². The van der Waals surface area contributed by atoms with Crippen LogP contribution in [0.2, 0.25) is 0 Å². The molecule has 0 bridgehead atoms. The zero-order valence-electron chi connectivity index (χ0n) is 24.2. The summed E-state index contributed by atoms with van der Waals surface area (Å²) in [5, 5.41) is 0. The first-order valence-electron chi connectivity index (χ1n) is 13.3. The maximum absolute atomic E-state index is 12.6. The number of hydrogen-bond acceptors (Lipinski definition) is 7. The third-order valence-corrected chi connectivity index (χ3v) is 6.17. The molecule has 7 heteroatoms. The first-order chi connectivity index (χ1) is 21.2. The molecule has 0 unspecified atom stereocenters. The molecule has 0 spiro atoms. The van der Waals surface area contributed by atoms with E-state index in [1.165, 1.54) is 7.11 Å². The van der Waals surface area contributed by atoms with Crippen LogP contribution in [0.15, 0.2) is 122 Å². The van der Waals surface area contributed by atoms with E-state index in [1.54, 1.807) is 55.5 Å². The van der Waals surface area contributed by atoms with E-state index in [0.717, 1.165) is 28.8 Å². The smallest absolute Gasteiger partial charge is 0.338 e. The quantitative estimate of drug-likeness (QED) is 0.0898. The lowest BCUT2D eigenvalue weighted by atomic mass is 9.97. The minimum atomic E-state index is -0.586. The average Bonchev–Trinajstić information content (AvgIpc) is 3.04. The summed E-state index contributed by atoms with van der Waals surface area (Å²) in [4.78, 5) is 35.5. The van der Waals surface area contributed by atoms with Gasteiger partial charge in [-0.3, -0.25) is 0 Å². The molecule has 0 saturated carbocycles. The van der Waals surface area contributed by atoms with Gasteiger partial charge in [0.2, 0.25) is 0 Å². The third kappa shape index (κ3) is 7.78. The molecule has 0 heterocycles. The average molecular weight is 585 g/mol. The van der Waals surface area contributed by atoms with Crippen molar-refractivity contribution in [3.8, 4) is 57.1 Å². The van der Waals surface area contributed by atoms with Gasteiger partial charge in [0.15, 0.2) is 0 Å². The van der Waals surface area contributed by atoms with E-state index >= 15 is 0 Å². The van der Waals surface area contributed by atoms with Gasteiger partial charge < -0.3 is 18.9 Å². The summed E-state index contributed by atoms with van der Waals surface area (Å²) in [5.41, 5.74) is 4.60. The van der Waals surface area contributed by atoms with Crippen molar-refractivity contribution in [2.45, 2.75) is 6.92 Å². The van der Waals surface area contributed by atoms with Gasteiger partial charge in [-0.1, -0.05) is 68.0 Å².